The van der Waals surface area contributed by atoms with Crippen LogP contribution in [0.4, 0.5) is 0 Å². The summed E-state index contributed by atoms with van der Waals surface area (Å²) in [6.07, 6.45) is 7.98. The Balaban J connectivity index is 1.88. The summed E-state index contributed by atoms with van der Waals surface area (Å²) in [5.41, 5.74) is 1.40. The first-order valence-corrected chi connectivity index (χ1v) is 10.0. The molecule has 0 saturated carbocycles. The fourth-order valence-electron chi connectivity index (χ4n) is 3.13. The Bertz CT molecular complexity index is 653. The predicted molar refractivity (Wildman–Crippen MR) is 107 cm³/mol. The van der Waals surface area contributed by atoms with E-state index in [0.29, 0.717) is 25.4 Å². The molecule has 6 nitrogen and oxygen atoms in total. The molecule has 1 aromatic rings. The van der Waals surface area contributed by atoms with Gasteiger partial charge < -0.3 is 19.1 Å². The molecule has 0 saturated heterocycles. The number of esters is 1. The lowest BCUT2D eigenvalue weighted by Gasteiger charge is -2.24. The maximum Gasteiger partial charge on any atom is 0.307 e. The molecule has 0 aliphatic heterocycles. The van der Waals surface area contributed by atoms with Crippen LogP contribution in [-0.2, 0) is 14.3 Å². The molecule has 1 aliphatic carbocycles. The van der Waals surface area contributed by atoms with Gasteiger partial charge in [0.1, 0.15) is 11.5 Å². The van der Waals surface area contributed by atoms with E-state index < -0.39 is 0 Å². The lowest BCUT2D eigenvalue weighted by Crippen LogP contribution is -2.37. The molecule has 154 valence electrons. The first kappa shape index (κ1) is 21.8. The fourth-order valence-corrected chi connectivity index (χ4v) is 3.13. The third-order valence-corrected chi connectivity index (χ3v) is 4.75. The highest BCUT2D eigenvalue weighted by Crippen LogP contribution is 2.21. The highest BCUT2D eigenvalue weighted by molar-refractivity contribution is 5.78. The number of carbonyl (C=O) groups excluding carboxylic acids is 2. The van der Waals surface area contributed by atoms with Crippen molar-refractivity contribution in [2.45, 2.75) is 45.4 Å². The van der Waals surface area contributed by atoms with Crippen LogP contribution in [0.25, 0.3) is 0 Å². The monoisotopic (exact) mass is 389 g/mol. The van der Waals surface area contributed by atoms with Crippen LogP contribution in [0.3, 0.4) is 0 Å². The van der Waals surface area contributed by atoms with E-state index in [-0.39, 0.29) is 24.9 Å². The van der Waals surface area contributed by atoms with Gasteiger partial charge in [0.2, 0.25) is 0 Å². The molecule has 0 spiro atoms. The molecule has 1 aromatic carbocycles. The SMILES string of the molecule is CCOc1ccc(OCC(=O)N(CCC(=O)OC)CCC2=CCCCC2)cc1. The van der Waals surface area contributed by atoms with Gasteiger partial charge in [0.25, 0.3) is 5.91 Å². The number of ether oxygens (including phenoxy) is 3. The fraction of sp³-hybridized carbons (Fsp3) is 0.545. The predicted octanol–water partition coefficient (Wildman–Crippen LogP) is 3.75. The number of allylic oxidation sites excluding steroid dienone is 1. The molecule has 0 bridgehead atoms. The molecule has 1 amide bonds. The van der Waals surface area contributed by atoms with Crippen molar-refractivity contribution in [3.05, 3.63) is 35.9 Å². The Labute approximate surface area is 167 Å². The third-order valence-electron chi connectivity index (χ3n) is 4.75. The minimum Gasteiger partial charge on any atom is -0.494 e. The van der Waals surface area contributed by atoms with Gasteiger partial charge in [-0.25, -0.2) is 0 Å². The molecule has 0 radical (unpaired) electrons. The van der Waals surface area contributed by atoms with E-state index >= 15 is 0 Å². The molecule has 0 fully saturated rings. The third kappa shape index (κ3) is 7.62. The normalized spacial score (nSPS) is 13.4. The van der Waals surface area contributed by atoms with Gasteiger partial charge in [-0.15, -0.1) is 0 Å². The van der Waals surface area contributed by atoms with E-state index in [0.717, 1.165) is 25.0 Å². The van der Waals surface area contributed by atoms with E-state index in [1.807, 2.05) is 19.1 Å². The summed E-state index contributed by atoms with van der Waals surface area (Å²) in [5.74, 6) is 0.928. The van der Waals surface area contributed by atoms with E-state index in [4.69, 9.17) is 14.2 Å². The molecule has 0 atom stereocenters. The Morgan fingerprint density at radius 1 is 1.04 bits per heavy atom. The van der Waals surface area contributed by atoms with Crippen molar-refractivity contribution in [3.63, 3.8) is 0 Å². The molecule has 0 unspecified atom stereocenters. The standard InChI is InChI=1S/C22H31NO5/c1-3-27-19-9-11-20(12-10-19)28-17-21(24)23(16-14-22(25)26-2)15-13-18-7-5-4-6-8-18/h7,9-12H,3-6,8,13-17H2,1-2H3. The smallest absolute Gasteiger partial charge is 0.307 e. The molecule has 6 heteroatoms. The molecule has 1 aliphatic rings. The summed E-state index contributed by atoms with van der Waals surface area (Å²) in [6.45, 7) is 3.40. The lowest BCUT2D eigenvalue weighted by atomic mass is 9.97. The second-order valence-electron chi connectivity index (χ2n) is 6.76. The second-order valence-corrected chi connectivity index (χ2v) is 6.76. The number of amides is 1. The van der Waals surface area contributed by atoms with Crippen LogP contribution in [0.1, 0.15) is 45.4 Å². The van der Waals surface area contributed by atoms with Crippen molar-refractivity contribution in [1.29, 1.82) is 0 Å². The molecular formula is C22H31NO5. The van der Waals surface area contributed by atoms with E-state index in [1.165, 1.54) is 25.5 Å². The van der Waals surface area contributed by atoms with Gasteiger partial charge >= 0.3 is 5.97 Å². The van der Waals surface area contributed by atoms with Crippen molar-refractivity contribution >= 4 is 11.9 Å². The van der Waals surface area contributed by atoms with Crippen LogP contribution in [0.2, 0.25) is 0 Å². The zero-order chi connectivity index (χ0) is 20.2. The van der Waals surface area contributed by atoms with Crippen molar-refractivity contribution in [1.82, 2.24) is 4.90 Å². The van der Waals surface area contributed by atoms with Crippen LogP contribution < -0.4 is 9.47 Å². The molecule has 2 rings (SSSR count). The number of benzene rings is 1. The molecule has 0 aromatic heterocycles. The average molecular weight is 389 g/mol. The Kier molecular flexibility index (Phi) is 9.39. The summed E-state index contributed by atoms with van der Waals surface area (Å²) < 4.78 is 15.7. The van der Waals surface area contributed by atoms with E-state index in [9.17, 15) is 9.59 Å². The van der Waals surface area contributed by atoms with Gasteiger partial charge in [0.05, 0.1) is 20.1 Å². The summed E-state index contributed by atoms with van der Waals surface area (Å²) in [6, 6.07) is 7.19. The molecule has 0 heterocycles. The van der Waals surface area contributed by atoms with Gasteiger partial charge in [-0.2, -0.15) is 0 Å². The van der Waals surface area contributed by atoms with Crippen LogP contribution in [0.15, 0.2) is 35.9 Å². The highest BCUT2D eigenvalue weighted by atomic mass is 16.5. The number of nitrogens with zero attached hydrogens (tertiary/aromatic N) is 1. The van der Waals surface area contributed by atoms with Crippen LogP contribution in [-0.4, -0.2) is 50.2 Å². The van der Waals surface area contributed by atoms with E-state index in [1.54, 1.807) is 17.0 Å². The molecule has 0 N–H and O–H groups in total. The zero-order valence-corrected chi connectivity index (χ0v) is 16.9. The van der Waals surface area contributed by atoms with Crippen LogP contribution in [0.5, 0.6) is 11.5 Å². The Morgan fingerprint density at radius 3 is 2.36 bits per heavy atom. The van der Waals surface area contributed by atoms with Crippen molar-refractivity contribution < 1.29 is 23.8 Å². The van der Waals surface area contributed by atoms with Crippen molar-refractivity contribution in [2.75, 3.05) is 33.4 Å². The van der Waals surface area contributed by atoms with E-state index in [2.05, 4.69) is 6.08 Å². The summed E-state index contributed by atoms with van der Waals surface area (Å²) >= 11 is 0. The minimum atomic E-state index is -0.317. The first-order valence-electron chi connectivity index (χ1n) is 10.0. The number of carbonyl (C=O) groups is 2. The quantitative estimate of drug-likeness (QED) is 0.426. The maximum atomic E-state index is 12.7. The topological polar surface area (TPSA) is 65.1 Å². The lowest BCUT2D eigenvalue weighted by molar-refractivity contribution is -0.142. The van der Waals surface area contributed by atoms with Gasteiger partial charge in [-0.05, 0) is 63.3 Å². The molecule has 28 heavy (non-hydrogen) atoms. The summed E-state index contributed by atoms with van der Waals surface area (Å²) in [4.78, 5) is 25.9. The largest absolute Gasteiger partial charge is 0.494 e. The Morgan fingerprint density at radius 2 is 1.75 bits per heavy atom. The van der Waals surface area contributed by atoms with Crippen LogP contribution >= 0.6 is 0 Å². The van der Waals surface area contributed by atoms with Crippen LogP contribution in [0, 0.1) is 0 Å². The summed E-state index contributed by atoms with van der Waals surface area (Å²) in [5, 5.41) is 0. The zero-order valence-electron chi connectivity index (χ0n) is 16.9. The molecular weight excluding hydrogens is 358 g/mol. The van der Waals surface area contributed by atoms with Crippen molar-refractivity contribution in [2.24, 2.45) is 0 Å². The second kappa shape index (κ2) is 12.1. The van der Waals surface area contributed by atoms with Gasteiger partial charge in [0.15, 0.2) is 6.61 Å². The highest BCUT2D eigenvalue weighted by Gasteiger charge is 2.17. The Hall–Kier alpha value is -2.50. The van der Waals surface area contributed by atoms with Crippen molar-refractivity contribution in [3.8, 4) is 11.5 Å². The van der Waals surface area contributed by atoms with Gasteiger partial charge in [0, 0.05) is 13.1 Å². The maximum absolute atomic E-state index is 12.7. The van der Waals surface area contributed by atoms with Gasteiger partial charge in [-0.1, -0.05) is 11.6 Å². The average Bonchev–Trinajstić information content (AvgIpc) is 2.73. The number of rotatable bonds is 11. The minimum absolute atomic E-state index is 0.0613. The van der Waals surface area contributed by atoms with Gasteiger partial charge in [-0.3, -0.25) is 9.59 Å². The number of hydrogen-bond donors (Lipinski definition) is 0. The first-order chi connectivity index (χ1) is 13.6. The number of methoxy groups -OCH3 is 1. The summed E-state index contributed by atoms with van der Waals surface area (Å²) in [7, 11) is 1.36. The number of hydrogen-bond acceptors (Lipinski definition) is 5.